The van der Waals surface area contributed by atoms with Crippen LogP contribution in [0.1, 0.15) is 58.3 Å². The maximum atomic E-state index is 15.2. The highest BCUT2D eigenvalue weighted by Gasteiger charge is 2.45. The number of carbonyl (C=O) groups is 1. The Morgan fingerprint density at radius 3 is 2.12 bits per heavy atom. The molecule has 4 aromatic rings. The molecule has 1 aliphatic rings. The van der Waals surface area contributed by atoms with E-state index in [1.807, 2.05) is 0 Å². The topological polar surface area (TPSA) is 47.6 Å². The normalized spacial score (nSPS) is 15.2. The van der Waals surface area contributed by atoms with E-state index in [4.69, 9.17) is 4.74 Å². The van der Waals surface area contributed by atoms with Crippen molar-refractivity contribution in [3.8, 4) is 11.5 Å². The summed E-state index contributed by atoms with van der Waals surface area (Å²) in [6, 6.07) is 14.5. The molecule has 0 aliphatic heterocycles. The van der Waals surface area contributed by atoms with Gasteiger partial charge >= 0.3 is 18.7 Å². The lowest BCUT2D eigenvalue weighted by Crippen LogP contribution is -2.49. The van der Waals surface area contributed by atoms with E-state index in [0.717, 1.165) is 43.2 Å². The SMILES string of the molecule is O=C(N[C@@](Cc1ccccc1)(c1cc(F)cc(OC(F)(F)C(F)F)c1)c1ccc(F)c(OC2CCCC2)c1)c1ccc(F)c(C(F)(F)F)c1. The number of halogens is 10. The van der Waals surface area contributed by atoms with Crippen LogP contribution in [0.4, 0.5) is 43.9 Å². The van der Waals surface area contributed by atoms with Crippen molar-refractivity contribution in [3.05, 3.63) is 130 Å². The summed E-state index contributed by atoms with van der Waals surface area (Å²) in [5.41, 5.74) is -4.69. The van der Waals surface area contributed by atoms with E-state index < -0.39 is 70.0 Å². The Hall–Kier alpha value is -4.75. The van der Waals surface area contributed by atoms with Gasteiger partial charge in [0.05, 0.1) is 17.2 Å². The number of benzene rings is 4. The van der Waals surface area contributed by atoms with E-state index in [1.165, 1.54) is 6.07 Å². The second-order valence-electron chi connectivity index (χ2n) is 11.5. The monoisotopic (exact) mass is 699 g/mol. The molecule has 5 rings (SSSR count). The van der Waals surface area contributed by atoms with Crippen LogP contribution in [0.15, 0.2) is 84.9 Å². The van der Waals surface area contributed by atoms with Crippen molar-refractivity contribution in [2.45, 2.75) is 62.5 Å². The van der Waals surface area contributed by atoms with Gasteiger partial charge in [-0.25, -0.2) is 13.2 Å². The van der Waals surface area contributed by atoms with E-state index in [2.05, 4.69) is 10.1 Å². The molecule has 0 radical (unpaired) electrons. The van der Waals surface area contributed by atoms with E-state index in [0.29, 0.717) is 30.5 Å². The summed E-state index contributed by atoms with van der Waals surface area (Å²) in [6.45, 7) is 0. The minimum Gasteiger partial charge on any atom is -0.487 e. The smallest absolute Gasteiger partial charge is 0.461 e. The molecule has 4 nitrogen and oxygen atoms in total. The van der Waals surface area contributed by atoms with E-state index in [9.17, 15) is 39.9 Å². The molecule has 1 saturated carbocycles. The highest BCUT2D eigenvalue weighted by Crippen LogP contribution is 2.40. The zero-order valence-corrected chi connectivity index (χ0v) is 25.3. The van der Waals surface area contributed by atoms with Gasteiger partial charge in [0.1, 0.15) is 17.4 Å². The number of hydrogen-bond donors (Lipinski definition) is 1. The molecule has 1 amide bonds. The van der Waals surface area contributed by atoms with Gasteiger partial charge in [0, 0.05) is 18.1 Å². The molecule has 0 bridgehead atoms. The van der Waals surface area contributed by atoms with Crippen LogP contribution >= 0.6 is 0 Å². The van der Waals surface area contributed by atoms with Gasteiger partial charge in [-0.05, 0) is 84.8 Å². The Morgan fingerprint density at radius 2 is 1.47 bits per heavy atom. The number of nitrogens with one attached hydrogen (secondary N) is 1. The molecule has 0 saturated heterocycles. The fraction of sp³-hybridized carbons (Fsp3) is 0.286. The first-order chi connectivity index (χ1) is 23.1. The van der Waals surface area contributed by atoms with Crippen molar-refractivity contribution in [3.63, 3.8) is 0 Å². The molecular formula is C35H27F10NO3. The first kappa shape index (κ1) is 35.6. The molecule has 1 fully saturated rings. The van der Waals surface area contributed by atoms with E-state index in [1.54, 1.807) is 30.3 Å². The molecule has 49 heavy (non-hydrogen) atoms. The zero-order valence-electron chi connectivity index (χ0n) is 25.3. The largest absolute Gasteiger partial charge is 0.487 e. The third-order valence-corrected chi connectivity index (χ3v) is 8.06. The van der Waals surface area contributed by atoms with Crippen molar-refractivity contribution < 1.29 is 58.2 Å². The lowest BCUT2D eigenvalue weighted by atomic mass is 9.77. The minimum absolute atomic E-state index is 0.0607. The number of rotatable bonds is 11. The Morgan fingerprint density at radius 1 is 0.796 bits per heavy atom. The van der Waals surface area contributed by atoms with Crippen LogP contribution in [0, 0.1) is 17.5 Å². The molecule has 14 heteroatoms. The lowest BCUT2D eigenvalue weighted by molar-refractivity contribution is -0.253. The summed E-state index contributed by atoms with van der Waals surface area (Å²) in [5.74, 6) is -6.43. The van der Waals surface area contributed by atoms with Gasteiger partial charge < -0.3 is 14.8 Å². The quantitative estimate of drug-likeness (QED) is 0.159. The van der Waals surface area contributed by atoms with Crippen LogP contribution in [0.5, 0.6) is 11.5 Å². The number of carbonyl (C=O) groups excluding carboxylic acids is 1. The summed E-state index contributed by atoms with van der Waals surface area (Å²) in [6.07, 6.45) is -12.5. The second kappa shape index (κ2) is 14.0. The van der Waals surface area contributed by atoms with Gasteiger partial charge in [0.25, 0.3) is 5.91 Å². The molecule has 1 atom stereocenters. The summed E-state index contributed by atoms with van der Waals surface area (Å²) >= 11 is 0. The lowest BCUT2D eigenvalue weighted by Gasteiger charge is -2.37. The van der Waals surface area contributed by atoms with Crippen LogP contribution in [0.2, 0.25) is 0 Å². The maximum absolute atomic E-state index is 15.2. The van der Waals surface area contributed by atoms with Crippen molar-refractivity contribution in [2.24, 2.45) is 0 Å². The number of ether oxygens (including phenoxy) is 2. The third kappa shape index (κ3) is 8.11. The Labute approximate surface area is 273 Å². The number of amides is 1. The standard InChI is InChI=1S/C35H27F10NO3/c36-24-15-23(16-26(18-24)49-35(44,45)32(39)40)33(19-20-6-2-1-3-7-20,22-11-13-29(38)30(17-22)48-25-8-4-5-9-25)46-31(47)21-10-12-28(37)27(14-21)34(41,42)43/h1-3,6-7,10-18,25,32H,4-5,8-9,19H2,(H,46,47)/t33-/m1/s1. The number of hydrogen-bond acceptors (Lipinski definition) is 3. The number of alkyl halides is 7. The average molecular weight is 700 g/mol. The highest BCUT2D eigenvalue weighted by molar-refractivity contribution is 5.95. The van der Waals surface area contributed by atoms with Crippen molar-refractivity contribution in [1.82, 2.24) is 5.32 Å². The van der Waals surface area contributed by atoms with Crippen molar-refractivity contribution >= 4 is 5.91 Å². The van der Waals surface area contributed by atoms with Gasteiger partial charge in [-0.2, -0.15) is 30.7 Å². The Balaban J connectivity index is 1.74. The van der Waals surface area contributed by atoms with Crippen molar-refractivity contribution in [1.29, 1.82) is 0 Å². The van der Waals surface area contributed by atoms with E-state index >= 15 is 8.78 Å². The van der Waals surface area contributed by atoms with Crippen LogP contribution in [0.25, 0.3) is 0 Å². The zero-order chi connectivity index (χ0) is 35.6. The van der Waals surface area contributed by atoms with Crippen LogP contribution < -0.4 is 14.8 Å². The summed E-state index contributed by atoms with van der Waals surface area (Å²) in [7, 11) is 0. The predicted molar refractivity (Wildman–Crippen MR) is 157 cm³/mol. The highest BCUT2D eigenvalue weighted by atomic mass is 19.4. The Bertz CT molecular complexity index is 1790. The molecular weight excluding hydrogens is 672 g/mol. The molecule has 0 unspecified atom stereocenters. The average Bonchev–Trinajstić information content (AvgIpc) is 3.54. The first-order valence-corrected chi connectivity index (χ1v) is 14.9. The van der Waals surface area contributed by atoms with Gasteiger partial charge in [-0.1, -0.05) is 36.4 Å². The maximum Gasteiger partial charge on any atom is 0.461 e. The van der Waals surface area contributed by atoms with Crippen LogP contribution in [-0.4, -0.2) is 24.5 Å². The fourth-order valence-corrected chi connectivity index (χ4v) is 5.73. The van der Waals surface area contributed by atoms with Gasteiger partial charge in [-0.15, -0.1) is 0 Å². The third-order valence-electron chi connectivity index (χ3n) is 8.06. The van der Waals surface area contributed by atoms with Gasteiger partial charge in [0.2, 0.25) is 0 Å². The predicted octanol–water partition coefficient (Wildman–Crippen LogP) is 9.60. The van der Waals surface area contributed by atoms with E-state index in [-0.39, 0.29) is 29.9 Å². The fourth-order valence-electron chi connectivity index (χ4n) is 5.73. The van der Waals surface area contributed by atoms with Crippen molar-refractivity contribution in [2.75, 3.05) is 0 Å². The molecule has 0 aromatic heterocycles. The van der Waals surface area contributed by atoms with Gasteiger partial charge in [-0.3, -0.25) is 4.79 Å². The first-order valence-electron chi connectivity index (χ1n) is 14.9. The molecule has 1 N–H and O–H groups in total. The van der Waals surface area contributed by atoms with Gasteiger partial charge in [0.15, 0.2) is 11.6 Å². The minimum atomic E-state index is -5.20. The summed E-state index contributed by atoms with van der Waals surface area (Å²) in [4.78, 5) is 13.9. The van der Waals surface area contributed by atoms with Crippen LogP contribution in [0.3, 0.4) is 0 Å². The molecule has 0 spiro atoms. The molecule has 0 heterocycles. The summed E-state index contributed by atoms with van der Waals surface area (Å²) < 4.78 is 149. The summed E-state index contributed by atoms with van der Waals surface area (Å²) in [5, 5.41) is 2.54. The Kier molecular flexibility index (Phi) is 10.2. The molecule has 260 valence electrons. The molecule has 4 aromatic carbocycles. The second-order valence-corrected chi connectivity index (χ2v) is 11.5. The van der Waals surface area contributed by atoms with Crippen LogP contribution in [-0.2, 0) is 18.1 Å². The molecule has 1 aliphatic carbocycles.